The van der Waals surface area contributed by atoms with Crippen molar-refractivity contribution in [2.75, 3.05) is 12.4 Å². The van der Waals surface area contributed by atoms with Crippen LogP contribution in [0, 0.1) is 0 Å². The van der Waals surface area contributed by atoms with Crippen molar-refractivity contribution >= 4 is 5.82 Å². The molecule has 0 saturated heterocycles. The summed E-state index contributed by atoms with van der Waals surface area (Å²) < 4.78 is 28.3. The van der Waals surface area contributed by atoms with Crippen molar-refractivity contribution in [1.82, 2.24) is 14.7 Å². The van der Waals surface area contributed by atoms with E-state index in [9.17, 15) is 13.9 Å². The lowest BCUT2D eigenvalue weighted by Gasteiger charge is -2.36. The first-order valence-electron chi connectivity index (χ1n) is 8.81. The smallest absolute Gasteiger partial charge is 0.249 e. The van der Waals surface area contributed by atoms with Crippen molar-refractivity contribution in [3.8, 4) is 0 Å². The average molecular weight is 342 g/mol. The fourth-order valence-corrected chi connectivity index (χ4v) is 3.49. The van der Waals surface area contributed by atoms with Gasteiger partial charge in [0.25, 0.3) is 0 Å². The van der Waals surface area contributed by atoms with E-state index in [0.29, 0.717) is 5.92 Å². The summed E-state index contributed by atoms with van der Waals surface area (Å²) in [6.07, 6.45) is 2.22. The van der Waals surface area contributed by atoms with Gasteiger partial charge in [-0.25, -0.2) is 8.78 Å². The standard InChI is InChI=1S/C17H28F2N4O/c1-10(2)22(3)16(24)20-15-13(11-6-5-7-11)14(21-23(15)4)12-8-17(18,19)9-12/h10-12,16,20,24H,5-9H2,1-4H3. The van der Waals surface area contributed by atoms with Crippen LogP contribution < -0.4 is 5.32 Å². The molecule has 0 amide bonds. The fourth-order valence-electron chi connectivity index (χ4n) is 3.49. The van der Waals surface area contributed by atoms with Gasteiger partial charge in [-0.1, -0.05) is 6.42 Å². The number of alkyl halides is 2. The molecule has 1 unspecified atom stereocenters. The van der Waals surface area contributed by atoms with Gasteiger partial charge in [-0.2, -0.15) is 5.10 Å². The number of rotatable bonds is 6. The molecule has 3 rings (SSSR count). The number of hydrogen-bond donors (Lipinski definition) is 2. The van der Waals surface area contributed by atoms with Crippen LogP contribution in [0.1, 0.15) is 69.0 Å². The van der Waals surface area contributed by atoms with Gasteiger partial charge in [-0.3, -0.25) is 9.58 Å². The van der Waals surface area contributed by atoms with Gasteiger partial charge in [-0.05, 0) is 39.7 Å². The van der Waals surface area contributed by atoms with Crippen LogP contribution in [0.2, 0.25) is 0 Å². The van der Waals surface area contributed by atoms with E-state index in [1.165, 1.54) is 0 Å². The lowest BCUT2D eigenvalue weighted by Crippen LogP contribution is -2.42. The SMILES string of the molecule is CC(C)N(C)C(O)Nc1c(C2CCC2)c(C2CC(F)(F)C2)nn1C. The molecule has 0 aliphatic heterocycles. The van der Waals surface area contributed by atoms with Crippen molar-refractivity contribution in [2.24, 2.45) is 7.05 Å². The molecule has 2 aliphatic carbocycles. The molecule has 0 bridgehead atoms. The molecule has 2 aliphatic rings. The summed E-state index contributed by atoms with van der Waals surface area (Å²) in [7, 11) is 3.65. The van der Waals surface area contributed by atoms with E-state index in [0.717, 1.165) is 36.3 Å². The van der Waals surface area contributed by atoms with Crippen molar-refractivity contribution in [2.45, 2.75) is 76.1 Å². The normalized spacial score (nSPS) is 22.5. The fraction of sp³-hybridized carbons (Fsp3) is 0.824. The Balaban J connectivity index is 1.87. The molecule has 1 atom stereocenters. The predicted molar refractivity (Wildman–Crippen MR) is 89.3 cm³/mol. The number of aliphatic hydroxyl groups is 1. The quantitative estimate of drug-likeness (QED) is 0.780. The van der Waals surface area contributed by atoms with Crippen LogP contribution in [-0.2, 0) is 7.05 Å². The van der Waals surface area contributed by atoms with Gasteiger partial charge in [0.15, 0.2) is 6.35 Å². The molecular weight excluding hydrogens is 314 g/mol. The van der Waals surface area contributed by atoms with Crippen LogP contribution >= 0.6 is 0 Å². The van der Waals surface area contributed by atoms with Gasteiger partial charge < -0.3 is 10.4 Å². The number of nitrogens with one attached hydrogen (secondary N) is 1. The third kappa shape index (κ3) is 3.16. The van der Waals surface area contributed by atoms with Crippen LogP contribution in [0.3, 0.4) is 0 Å². The lowest BCUT2D eigenvalue weighted by atomic mass is 9.73. The molecule has 2 saturated carbocycles. The number of anilines is 1. The highest BCUT2D eigenvalue weighted by molar-refractivity contribution is 5.52. The Morgan fingerprint density at radius 2 is 1.92 bits per heavy atom. The molecule has 2 fully saturated rings. The van der Waals surface area contributed by atoms with E-state index < -0.39 is 12.3 Å². The molecular formula is C17H28F2N4O. The van der Waals surface area contributed by atoms with Gasteiger partial charge in [0.2, 0.25) is 5.92 Å². The zero-order chi connectivity index (χ0) is 17.6. The first kappa shape index (κ1) is 17.6. The van der Waals surface area contributed by atoms with Crippen molar-refractivity contribution in [1.29, 1.82) is 0 Å². The van der Waals surface area contributed by atoms with Crippen molar-refractivity contribution in [3.63, 3.8) is 0 Å². The Bertz CT molecular complexity index is 590. The average Bonchev–Trinajstić information content (AvgIpc) is 2.71. The summed E-state index contributed by atoms with van der Waals surface area (Å²) in [6, 6.07) is 0.178. The van der Waals surface area contributed by atoms with Crippen LogP contribution in [0.5, 0.6) is 0 Å². The molecule has 2 N–H and O–H groups in total. The minimum Gasteiger partial charge on any atom is -0.361 e. The van der Waals surface area contributed by atoms with Crippen LogP contribution in [0.4, 0.5) is 14.6 Å². The molecule has 5 nitrogen and oxygen atoms in total. The van der Waals surface area contributed by atoms with Crippen molar-refractivity contribution in [3.05, 3.63) is 11.3 Å². The van der Waals surface area contributed by atoms with Gasteiger partial charge in [-0.15, -0.1) is 0 Å². The monoisotopic (exact) mass is 342 g/mol. The molecule has 7 heteroatoms. The highest BCUT2D eigenvalue weighted by Crippen LogP contribution is 2.52. The Hall–Kier alpha value is -1.21. The molecule has 0 spiro atoms. The number of nitrogens with zero attached hydrogens (tertiary/aromatic N) is 3. The largest absolute Gasteiger partial charge is 0.361 e. The maximum atomic E-state index is 13.3. The zero-order valence-electron chi connectivity index (χ0n) is 14.9. The summed E-state index contributed by atoms with van der Waals surface area (Å²) in [5.74, 6) is -1.59. The summed E-state index contributed by atoms with van der Waals surface area (Å²) in [6.45, 7) is 4.01. The molecule has 1 aromatic rings. The highest BCUT2D eigenvalue weighted by Gasteiger charge is 2.49. The Morgan fingerprint density at radius 3 is 2.38 bits per heavy atom. The lowest BCUT2D eigenvalue weighted by molar-refractivity contribution is -0.0879. The maximum absolute atomic E-state index is 13.3. The maximum Gasteiger partial charge on any atom is 0.249 e. The summed E-state index contributed by atoms with van der Waals surface area (Å²) >= 11 is 0. The topological polar surface area (TPSA) is 53.3 Å². The minimum absolute atomic E-state index is 0.113. The van der Waals surface area contributed by atoms with E-state index in [-0.39, 0.29) is 24.8 Å². The first-order valence-corrected chi connectivity index (χ1v) is 8.81. The number of aromatic nitrogens is 2. The second-order valence-corrected chi connectivity index (χ2v) is 7.64. The number of halogens is 2. The van der Waals surface area contributed by atoms with E-state index in [1.54, 1.807) is 4.68 Å². The van der Waals surface area contributed by atoms with Crippen LogP contribution in [0.25, 0.3) is 0 Å². The second-order valence-electron chi connectivity index (χ2n) is 7.64. The number of aryl methyl sites for hydroxylation is 1. The highest BCUT2D eigenvalue weighted by atomic mass is 19.3. The number of aliphatic hydroxyl groups excluding tert-OH is 1. The zero-order valence-corrected chi connectivity index (χ0v) is 14.9. The van der Waals surface area contributed by atoms with E-state index in [1.807, 2.05) is 32.8 Å². The van der Waals surface area contributed by atoms with Crippen LogP contribution in [0.15, 0.2) is 0 Å². The first-order chi connectivity index (χ1) is 11.2. The molecule has 0 aromatic carbocycles. The van der Waals surface area contributed by atoms with Crippen LogP contribution in [-0.4, -0.2) is 45.2 Å². The van der Waals surface area contributed by atoms with Gasteiger partial charge in [0.05, 0.1) is 5.69 Å². The second kappa shape index (κ2) is 6.26. The summed E-state index contributed by atoms with van der Waals surface area (Å²) in [5.41, 5.74) is 1.84. The Labute approximate surface area is 142 Å². The molecule has 136 valence electrons. The van der Waals surface area contributed by atoms with Gasteiger partial charge >= 0.3 is 0 Å². The molecule has 24 heavy (non-hydrogen) atoms. The third-order valence-corrected chi connectivity index (χ3v) is 5.57. The van der Waals surface area contributed by atoms with Crippen molar-refractivity contribution < 1.29 is 13.9 Å². The summed E-state index contributed by atoms with van der Waals surface area (Å²) in [4.78, 5) is 1.81. The Morgan fingerprint density at radius 1 is 1.29 bits per heavy atom. The summed E-state index contributed by atoms with van der Waals surface area (Å²) in [5, 5.41) is 18.1. The molecule has 1 aromatic heterocycles. The predicted octanol–water partition coefficient (Wildman–Crippen LogP) is 3.23. The van der Waals surface area contributed by atoms with Gasteiger partial charge in [0, 0.05) is 37.4 Å². The van der Waals surface area contributed by atoms with Gasteiger partial charge in [0.1, 0.15) is 5.82 Å². The Kier molecular flexibility index (Phi) is 4.59. The van der Waals surface area contributed by atoms with E-state index in [2.05, 4.69) is 10.4 Å². The minimum atomic E-state index is -2.55. The number of hydrogen-bond acceptors (Lipinski definition) is 4. The van der Waals surface area contributed by atoms with E-state index in [4.69, 9.17) is 0 Å². The molecule has 0 radical (unpaired) electrons. The third-order valence-electron chi connectivity index (χ3n) is 5.57. The molecule has 1 heterocycles. The van der Waals surface area contributed by atoms with E-state index >= 15 is 0 Å².